The van der Waals surface area contributed by atoms with Crippen molar-refractivity contribution in [3.63, 3.8) is 0 Å². The minimum absolute atomic E-state index is 0.526. The van der Waals surface area contributed by atoms with E-state index >= 15 is 0 Å². The fourth-order valence-electron chi connectivity index (χ4n) is 1.55. The normalized spacial score (nSPS) is 10.2. The molecule has 0 aliphatic carbocycles. The van der Waals surface area contributed by atoms with Crippen molar-refractivity contribution >= 4 is 10.9 Å². The highest BCUT2D eigenvalue weighted by Gasteiger charge is 2.07. The molecule has 0 spiro atoms. The highest BCUT2D eigenvalue weighted by atomic mass is 16.5. The molecule has 1 heterocycles. The minimum Gasteiger partial charge on any atom is -0.497 e. The predicted molar refractivity (Wildman–Crippen MR) is 61.4 cm³/mol. The van der Waals surface area contributed by atoms with E-state index in [0.29, 0.717) is 5.88 Å². The summed E-state index contributed by atoms with van der Waals surface area (Å²) in [7, 11) is 4.82. The van der Waals surface area contributed by atoms with Crippen LogP contribution in [0.1, 0.15) is 0 Å². The van der Waals surface area contributed by atoms with Crippen LogP contribution in [-0.4, -0.2) is 26.3 Å². The summed E-state index contributed by atoms with van der Waals surface area (Å²) in [5, 5.41) is 0.934. The Labute approximate surface area is 93.8 Å². The number of hydrogen-bond acceptors (Lipinski definition) is 4. The van der Waals surface area contributed by atoms with Gasteiger partial charge in [0.1, 0.15) is 11.5 Å². The van der Waals surface area contributed by atoms with Gasteiger partial charge < -0.3 is 14.2 Å². The van der Waals surface area contributed by atoms with E-state index in [0.717, 1.165) is 22.4 Å². The van der Waals surface area contributed by atoms with Crippen LogP contribution in [0.25, 0.3) is 10.9 Å². The maximum absolute atomic E-state index is 5.28. The number of rotatable bonds is 3. The Bertz CT molecular complexity index is 506. The van der Waals surface area contributed by atoms with Crippen molar-refractivity contribution in [1.29, 1.82) is 0 Å². The average Bonchev–Trinajstić information content (AvgIpc) is 2.36. The molecule has 4 heteroatoms. The summed E-state index contributed by atoms with van der Waals surface area (Å²) in [6, 6.07) is 7.40. The minimum atomic E-state index is 0.526. The summed E-state index contributed by atoms with van der Waals surface area (Å²) < 4.78 is 15.5. The lowest BCUT2D eigenvalue weighted by atomic mass is 10.2. The number of nitrogens with zero attached hydrogens (tertiary/aromatic N) is 1. The van der Waals surface area contributed by atoms with E-state index in [4.69, 9.17) is 14.2 Å². The first-order valence-electron chi connectivity index (χ1n) is 4.85. The number of aromatic nitrogens is 1. The van der Waals surface area contributed by atoms with Crippen LogP contribution in [0, 0.1) is 0 Å². The van der Waals surface area contributed by atoms with Crippen molar-refractivity contribution < 1.29 is 14.2 Å². The van der Waals surface area contributed by atoms with Crippen molar-refractivity contribution in [2.24, 2.45) is 0 Å². The van der Waals surface area contributed by atoms with Crippen molar-refractivity contribution in [3.05, 3.63) is 24.3 Å². The fraction of sp³-hybridized carbons (Fsp3) is 0.250. The maximum Gasteiger partial charge on any atom is 0.217 e. The topological polar surface area (TPSA) is 40.6 Å². The number of fused-ring (bicyclic) bond motifs is 1. The number of pyridine rings is 1. The summed E-state index contributed by atoms with van der Waals surface area (Å²) in [6.45, 7) is 0. The SMILES string of the molecule is COc1ccc2c(OC)cc(OC)nc2c1. The third-order valence-electron chi connectivity index (χ3n) is 2.38. The van der Waals surface area contributed by atoms with Crippen LogP contribution in [0.2, 0.25) is 0 Å². The first-order chi connectivity index (χ1) is 7.78. The molecule has 0 saturated heterocycles. The molecule has 0 unspecified atom stereocenters. The Kier molecular flexibility index (Phi) is 2.81. The van der Waals surface area contributed by atoms with Gasteiger partial charge in [0, 0.05) is 17.5 Å². The zero-order valence-corrected chi connectivity index (χ0v) is 9.48. The first kappa shape index (κ1) is 10.5. The van der Waals surface area contributed by atoms with E-state index in [9.17, 15) is 0 Å². The molecule has 4 nitrogen and oxygen atoms in total. The van der Waals surface area contributed by atoms with Crippen LogP contribution in [0.15, 0.2) is 24.3 Å². The van der Waals surface area contributed by atoms with Gasteiger partial charge in [-0.25, -0.2) is 4.98 Å². The van der Waals surface area contributed by atoms with Gasteiger partial charge in [-0.15, -0.1) is 0 Å². The molecule has 16 heavy (non-hydrogen) atoms. The van der Waals surface area contributed by atoms with Crippen molar-refractivity contribution in [2.75, 3.05) is 21.3 Å². The largest absolute Gasteiger partial charge is 0.497 e. The maximum atomic E-state index is 5.28. The van der Waals surface area contributed by atoms with Crippen LogP contribution in [0.5, 0.6) is 17.4 Å². The fourth-order valence-corrected chi connectivity index (χ4v) is 1.55. The van der Waals surface area contributed by atoms with Crippen molar-refractivity contribution in [2.45, 2.75) is 0 Å². The van der Waals surface area contributed by atoms with Gasteiger partial charge in [0.05, 0.1) is 26.8 Å². The van der Waals surface area contributed by atoms with Gasteiger partial charge in [-0.1, -0.05) is 0 Å². The second-order valence-electron chi connectivity index (χ2n) is 3.25. The molecule has 0 amide bonds. The molecule has 1 aromatic heterocycles. The number of methoxy groups -OCH3 is 3. The Balaban J connectivity index is 2.68. The van der Waals surface area contributed by atoms with Gasteiger partial charge in [-0.3, -0.25) is 0 Å². The number of ether oxygens (including phenoxy) is 3. The van der Waals surface area contributed by atoms with Crippen molar-refractivity contribution in [3.8, 4) is 17.4 Å². The molecular weight excluding hydrogens is 206 g/mol. The van der Waals surface area contributed by atoms with Gasteiger partial charge >= 0.3 is 0 Å². The third-order valence-corrected chi connectivity index (χ3v) is 2.38. The van der Waals surface area contributed by atoms with Gasteiger partial charge in [0.15, 0.2) is 0 Å². The quantitative estimate of drug-likeness (QED) is 0.794. The molecule has 0 radical (unpaired) electrons. The molecule has 84 valence electrons. The van der Waals surface area contributed by atoms with Crippen LogP contribution in [0.3, 0.4) is 0 Å². The summed E-state index contributed by atoms with van der Waals surface area (Å²) in [5.74, 6) is 2.03. The standard InChI is InChI=1S/C12H13NO3/c1-14-8-4-5-9-10(6-8)13-12(16-3)7-11(9)15-2/h4-7H,1-3H3. The summed E-state index contributed by atoms with van der Waals surface area (Å²) in [6.07, 6.45) is 0. The average molecular weight is 219 g/mol. The number of benzene rings is 1. The molecule has 0 saturated carbocycles. The molecule has 0 aliphatic heterocycles. The second kappa shape index (κ2) is 4.26. The van der Waals surface area contributed by atoms with Crippen LogP contribution >= 0.6 is 0 Å². The lowest BCUT2D eigenvalue weighted by molar-refractivity contribution is 0.386. The monoisotopic (exact) mass is 219 g/mol. The van der Waals surface area contributed by atoms with E-state index in [1.807, 2.05) is 18.2 Å². The molecule has 1 aromatic carbocycles. The lowest BCUT2D eigenvalue weighted by Gasteiger charge is -2.08. The molecule has 2 aromatic rings. The highest BCUT2D eigenvalue weighted by molar-refractivity contribution is 5.86. The van der Waals surface area contributed by atoms with Gasteiger partial charge in [0.2, 0.25) is 5.88 Å². The van der Waals surface area contributed by atoms with E-state index in [-0.39, 0.29) is 0 Å². The molecule has 0 fully saturated rings. The molecule has 0 aliphatic rings. The number of hydrogen-bond donors (Lipinski definition) is 0. The molecule has 0 bridgehead atoms. The van der Waals surface area contributed by atoms with Gasteiger partial charge in [-0.05, 0) is 12.1 Å². The summed E-state index contributed by atoms with van der Waals surface area (Å²) in [5.41, 5.74) is 0.788. The predicted octanol–water partition coefficient (Wildman–Crippen LogP) is 2.26. The molecule has 0 N–H and O–H groups in total. The van der Waals surface area contributed by atoms with E-state index in [2.05, 4.69) is 4.98 Å². The Morgan fingerprint density at radius 3 is 2.38 bits per heavy atom. The first-order valence-corrected chi connectivity index (χ1v) is 4.85. The zero-order chi connectivity index (χ0) is 11.5. The second-order valence-corrected chi connectivity index (χ2v) is 3.25. The highest BCUT2D eigenvalue weighted by Crippen LogP contribution is 2.30. The van der Waals surface area contributed by atoms with Gasteiger partial charge in [-0.2, -0.15) is 0 Å². The lowest BCUT2D eigenvalue weighted by Crippen LogP contribution is -1.93. The van der Waals surface area contributed by atoms with E-state index < -0.39 is 0 Å². The Hall–Kier alpha value is -1.97. The van der Waals surface area contributed by atoms with Gasteiger partial charge in [0.25, 0.3) is 0 Å². The zero-order valence-electron chi connectivity index (χ0n) is 9.48. The molecule has 2 rings (SSSR count). The summed E-state index contributed by atoms with van der Waals surface area (Å²) in [4.78, 5) is 4.33. The summed E-state index contributed by atoms with van der Waals surface area (Å²) >= 11 is 0. The van der Waals surface area contributed by atoms with Crippen LogP contribution < -0.4 is 14.2 Å². The van der Waals surface area contributed by atoms with E-state index in [1.165, 1.54) is 0 Å². The third kappa shape index (κ3) is 1.74. The van der Waals surface area contributed by atoms with Crippen LogP contribution in [-0.2, 0) is 0 Å². The smallest absolute Gasteiger partial charge is 0.217 e. The Morgan fingerprint density at radius 2 is 1.75 bits per heavy atom. The van der Waals surface area contributed by atoms with Crippen molar-refractivity contribution in [1.82, 2.24) is 4.98 Å². The molecule has 0 atom stereocenters. The van der Waals surface area contributed by atoms with Crippen LogP contribution in [0.4, 0.5) is 0 Å². The van der Waals surface area contributed by atoms with E-state index in [1.54, 1.807) is 27.4 Å². The Morgan fingerprint density at radius 1 is 0.938 bits per heavy atom. The molecular formula is C12H13NO3.